The first kappa shape index (κ1) is 12.4. The number of nitrogens with two attached hydrogens (primary N) is 1. The van der Waals surface area contributed by atoms with Gasteiger partial charge in [-0.25, -0.2) is 0 Å². The molecule has 0 aliphatic heterocycles. The predicted octanol–water partition coefficient (Wildman–Crippen LogP) is 1.55. The first-order valence-electron chi connectivity index (χ1n) is 5.47. The van der Waals surface area contributed by atoms with E-state index in [1.807, 2.05) is 12.3 Å². The van der Waals surface area contributed by atoms with E-state index in [0.717, 1.165) is 0 Å². The molecule has 1 amide bonds. The van der Waals surface area contributed by atoms with Gasteiger partial charge in [0.2, 0.25) is 0 Å². The summed E-state index contributed by atoms with van der Waals surface area (Å²) < 4.78 is 1.75. The quantitative estimate of drug-likeness (QED) is 0.823. The van der Waals surface area contributed by atoms with E-state index >= 15 is 0 Å². The zero-order valence-corrected chi connectivity index (χ0v) is 10.4. The largest absolute Gasteiger partial charge is 0.398 e. The fourth-order valence-electron chi connectivity index (χ4n) is 1.49. The Morgan fingerprint density at radius 3 is 3.00 bits per heavy atom. The van der Waals surface area contributed by atoms with Crippen LogP contribution in [0.4, 0.5) is 5.69 Å². The summed E-state index contributed by atoms with van der Waals surface area (Å²) in [5.41, 5.74) is 6.54. The van der Waals surface area contributed by atoms with Gasteiger partial charge in [-0.2, -0.15) is 5.10 Å². The number of rotatable bonds is 4. The number of aromatic nitrogens is 2. The molecular formula is C12H13ClN4O. The molecule has 0 bridgehead atoms. The first-order chi connectivity index (χ1) is 8.66. The number of nitrogens with zero attached hydrogens (tertiary/aromatic N) is 2. The Kier molecular flexibility index (Phi) is 3.84. The topological polar surface area (TPSA) is 72.9 Å². The average molecular weight is 265 g/mol. The van der Waals surface area contributed by atoms with E-state index < -0.39 is 0 Å². The number of hydrogen-bond donors (Lipinski definition) is 2. The molecule has 2 aromatic rings. The van der Waals surface area contributed by atoms with E-state index in [9.17, 15) is 4.79 Å². The number of hydrogen-bond acceptors (Lipinski definition) is 3. The fourth-order valence-corrected chi connectivity index (χ4v) is 1.67. The second-order valence-electron chi connectivity index (χ2n) is 3.76. The molecule has 1 heterocycles. The van der Waals surface area contributed by atoms with Crippen LogP contribution in [0.1, 0.15) is 10.4 Å². The zero-order chi connectivity index (χ0) is 13.0. The van der Waals surface area contributed by atoms with E-state index in [0.29, 0.717) is 29.4 Å². The van der Waals surface area contributed by atoms with Gasteiger partial charge in [-0.15, -0.1) is 0 Å². The molecule has 5 nitrogen and oxygen atoms in total. The molecule has 0 radical (unpaired) electrons. The van der Waals surface area contributed by atoms with Gasteiger partial charge >= 0.3 is 0 Å². The van der Waals surface area contributed by atoms with Crippen molar-refractivity contribution < 1.29 is 4.79 Å². The van der Waals surface area contributed by atoms with Crippen molar-refractivity contribution in [1.29, 1.82) is 0 Å². The van der Waals surface area contributed by atoms with Crippen molar-refractivity contribution in [2.45, 2.75) is 6.54 Å². The van der Waals surface area contributed by atoms with Crippen molar-refractivity contribution in [3.63, 3.8) is 0 Å². The Labute approximate surface area is 110 Å². The van der Waals surface area contributed by atoms with Crippen LogP contribution in [0.3, 0.4) is 0 Å². The first-order valence-corrected chi connectivity index (χ1v) is 5.85. The molecule has 3 N–H and O–H groups in total. The number of anilines is 1. The smallest absolute Gasteiger partial charge is 0.251 e. The Morgan fingerprint density at radius 2 is 2.33 bits per heavy atom. The van der Waals surface area contributed by atoms with E-state index in [4.69, 9.17) is 17.3 Å². The summed E-state index contributed by atoms with van der Waals surface area (Å²) in [5, 5.41) is 7.21. The number of amides is 1. The molecule has 6 heteroatoms. The third kappa shape index (κ3) is 3.01. The molecule has 1 aromatic heterocycles. The standard InChI is InChI=1S/C12H13ClN4O/c13-10-8-9(2-3-11(10)14)12(18)15-5-7-17-6-1-4-16-17/h1-4,6,8H,5,7,14H2,(H,15,18). The molecule has 0 atom stereocenters. The summed E-state index contributed by atoms with van der Waals surface area (Å²) in [6, 6.07) is 6.65. The Bertz CT molecular complexity index is 539. The molecule has 2 rings (SSSR count). The zero-order valence-electron chi connectivity index (χ0n) is 9.64. The normalized spacial score (nSPS) is 10.3. The van der Waals surface area contributed by atoms with E-state index in [-0.39, 0.29) is 5.91 Å². The lowest BCUT2D eigenvalue weighted by atomic mass is 10.2. The Morgan fingerprint density at radius 1 is 1.50 bits per heavy atom. The maximum absolute atomic E-state index is 11.8. The molecule has 0 saturated heterocycles. The number of carbonyl (C=O) groups is 1. The highest BCUT2D eigenvalue weighted by Crippen LogP contribution is 2.19. The number of nitrogen functional groups attached to an aromatic ring is 1. The third-order valence-electron chi connectivity index (χ3n) is 2.45. The lowest BCUT2D eigenvalue weighted by Gasteiger charge is -2.06. The molecular weight excluding hydrogens is 252 g/mol. The van der Waals surface area contributed by atoms with Crippen LogP contribution in [0.15, 0.2) is 36.7 Å². The van der Waals surface area contributed by atoms with E-state index in [1.165, 1.54) is 0 Å². The van der Waals surface area contributed by atoms with Gasteiger partial charge in [0, 0.05) is 24.5 Å². The van der Waals surface area contributed by atoms with Gasteiger partial charge in [0.25, 0.3) is 5.91 Å². The van der Waals surface area contributed by atoms with Crippen molar-refractivity contribution in [3.8, 4) is 0 Å². The van der Waals surface area contributed by atoms with Crippen molar-refractivity contribution in [2.75, 3.05) is 12.3 Å². The van der Waals surface area contributed by atoms with Gasteiger partial charge < -0.3 is 11.1 Å². The highest BCUT2D eigenvalue weighted by atomic mass is 35.5. The summed E-state index contributed by atoms with van der Waals surface area (Å²) in [6.45, 7) is 1.13. The summed E-state index contributed by atoms with van der Waals surface area (Å²) in [6.07, 6.45) is 3.54. The molecule has 18 heavy (non-hydrogen) atoms. The van der Waals surface area contributed by atoms with Crippen molar-refractivity contribution in [3.05, 3.63) is 47.2 Å². The molecule has 0 fully saturated rings. The van der Waals surface area contributed by atoms with Gasteiger partial charge in [-0.3, -0.25) is 9.48 Å². The summed E-state index contributed by atoms with van der Waals surface area (Å²) in [4.78, 5) is 11.8. The lowest BCUT2D eigenvalue weighted by Crippen LogP contribution is -2.27. The number of halogens is 1. The molecule has 0 aliphatic rings. The SMILES string of the molecule is Nc1ccc(C(=O)NCCn2cccn2)cc1Cl. The molecule has 0 spiro atoms. The Hall–Kier alpha value is -2.01. The van der Waals surface area contributed by atoms with Crippen LogP contribution in [0, 0.1) is 0 Å². The van der Waals surface area contributed by atoms with Gasteiger partial charge in [-0.05, 0) is 24.3 Å². The van der Waals surface area contributed by atoms with E-state index in [2.05, 4.69) is 10.4 Å². The average Bonchev–Trinajstić information content (AvgIpc) is 2.85. The van der Waals surface area contributed by atoms with Crippen LogP contribution >= 0.6 is 11.6 Å². The third-order valence-corrected chi connectivity index (χ3v) is 2.78. The second-order valence-corrected chi connectivity index (χ2v) is 4.17. The predicted molar refractivity (Wildman–Crippen MR) is 70.4 cm³/mol. The fraction of sp³-hybridized carbons (Fsp3) is 0.167. The van der Waals surface area contributed by atoms with E-state index in [1.54, 1.807) is 29.1 Å². The number of carbonyl (C=O) groups excluding carboxylic acids is 1. The van der Waals surface area contributed by atoms with Crippen LogP contribution in [0.5, 0.6) is 0 Å². The van der Waals surface area contributed by atoms with Gasteiger partial charge in [0.05, 0.1) is 17.3 Å². The molecule has 1 aromatic carbocycles. The summed E-state index contributed by atoms with van der Waals surface area (Å²) in [5.74, 6) is -0.177. The molecule has 94 valence electrons. The Balaban J connectivity index is 1.89. The minimum absolute atomic E-state index is 0.177. The van der Waals surface area contributed by atoms with Crippen LogP contribution < -0.4 is 11.1 Å². The maximum Gasteiger partial charge on any atom is 0.251 e. The van der Waals surface area contributed by atoms with Crippen molar-refractivity contribution >= 4 is 23.2 Å². The van der Waals surface area contributed by atoms with Crippen LogP contribution in [0.2, 0.25) is 5.02 Å². The van der Waals surface area contributed by atoms with Gasteiger partial charge in [0.15, 0.2) is 0 Å². The van der Waals surface area contributed by atoms with Crippen LogP contribution in [-0.4, -0.2) is 22.2 Å². The second kappa shape index (κ2) is 5.55. The highest BCUT2D eigenvalue weighted by Gasteiger charge is 2.06. The van der Waals surface area contributed by atoms with Crippen molar-refractivity contribution in [1.82, 2.24) is 15.1 Å². The monoisotopic (exact) mass is 264 g/mol. The summed E-state index contributed by atoms with van der Waals surface area (Å²) in [7, 11) is 0. The minimum atomic E-state index is -0.177. The number of nitrogens with one attached hydrogen (secondary N) is 1. The van der Waals surface area contributed by atoms with Crippen molar-refractivity contribution in [2.24, 2.45) is 0 Å². The van der Waals surface area contributed by atoms with Gasteiger partial charge in [0.1, 0.15) is 0 Å². The molecule has 0 saturated carbocycles. The highest BCUT2D eigenvalue weighted by molar-refractivity contribution is 6.33. The maximum atomic E-state index is 11.8. The molecule has 0 unspecified atom stereocenters. The van der Waals surface area contributed by atoms with Crippen LogP contribution in [0.25, 0.3) is 0 Å². The van der Waals surface area contributed by atoms with Crippen LogP contribution in [-0.2, 0) is 6.54 Å². The summed E-state index contributed by atoms with van der Waals surface area (Å²) >= 11 is 5.85. The minimum Gasteiger partial charge on any atom is -0.398 e. The lowest BCUT2D eigenvalue weighted by molar-refractivity contribution is 0.0952. The number of benzene rings is 1. The van der Waals surface area contributed by atoms with Gasteiger partial charge in [-0.1, -0.05) is 11.6 Å². The molecule has 0 aliphatic carbocycles.